The molecule has 1 heterocycles. The second kappa shape index (κ2) is 3.97. The number of hydrogen-bond acceptors (Lipinski definition) is 1. The molecule has 1 saturated heterocycles. The molecule has 1 saturated carbocycles. The fourth-order valence-electron chi connectivity index (χ4n) is 2.75. The maximum atomic E-state index is 3.45. The lowest BCUT2D eigenvalue weighted by Gasteiger charge is -2.26. The zero-order valence-corrected chi connectivity index (χ0v) is 9.21. The molecule has 1 N–H and O–H groups in total. The van der Waals surface area contributed by atoms with E-state index in [0.29, 0.717) is 0 Å². The number of nitrogens with one attached hydrogen (secondary N) is 1. The summed E-state index contributed by atoms with van der Waals surface area (Å²) in [5.41, 5.74) is 3.15. The number of rotatable bonds is 2. The minimum Gasteiger partial charge on any atom is -0.316 e. The third-order valence-electron chi connectivity index (χ3n) is 4.02. The fourth-order valence-corrected chi connectivity index (χ4v) is 2.75. The summed E-state index contributed by atoms with van der Waals surface area (Å²) in [5.74, 6) is 1.64. The second-order valence-electron chi connectivity index (χ2n) is 4.99. The van der Waals surface area contributed by atoms with Crippen LogP contribution < -0.4 is 5.32 Å². The molecule has 0 aromatic heterocycles. The lowest BCUT2D eigenvalue weighted by Crippen LogP contribution is -2.10. The van der Waals surface area contributed by atoms with E-state index in [4.69, 9.17) is 0 Å². The predicted octanol–water partition coefficient (Wildman–Crippen LogP) is 3.03. The van der Waals surface area contributed by atoms with E-state index in [1.807, 2.05) is 0 Å². The molecule has 0 spiro atoms. The Hall–Kier alpha value is -0.820. The molecule has 3 rings (SSSR count). The van der Waals surface area contributed by atoms with Crippen LogP contribution in [-0.2, 0) is 0 Å². The first-order valence-electron chi connectivity index (χ1n) is 6.24. The summed E-state index contributed by atoms with van der Waals surface area (Å²) in [6.07, 6.45) is 5.56. The molecular formula is C14H19N. The van der Waals surface area contributed by atoms with Crippen LogP contribution >= 0.6 is 0 Å². The van der Waals surface area contributed by atoms with Crippen LogP contribution in [0.1, 0.15) is 48.6 Å². The molecule has 2 fully saturated rings. The van der Waals surface area contributed by atoms with Crippen molar-refractivity contribution in [1.29, 1.82) is 0 Å². The lowest BCUT2D eigenvalue weighted by atomic mass is 9.79. The average molecular weight is 201 g/mol. The Bertz CT molecular complexity index is 335. The minimum atomic E-state index is 0.769. The second-order valence-corrected chi connectivity index (χ2v) is 4.99. The number of benzene rings is 1. The Labute approximate surface area is 91.9 Å². The summed E-state index contributed by atoms with van der Waals surface area (Å²) in [5, 5.41) is 3.45. The SMILES string of the molecule is c1cc(C2CCC2)cc(C2CCNC2)c1. The quantitative estimate of drug-likeness (QED) is 0.775. The van der Waals surface area contributed by atoms with Gasteiger partial charge in [-0.2, -0.15) is 0 Å². The third kappa shape index (κ3) is 1.81. The average Bonchev–Trinajstić information content (AvgIpc) is 2.68. The van der Waals surface area contributed by atoms with E-state index in [-0.39, 0.29) is 0 Å². The molecule has 15 heavy (non-hydrogen) atoms. The van der Waals surface area contributed by atoms with Crippen LogP contribution in [0.5, 0.6) is 0 Å². The number of hydrogen-bond donors (Lipinski definition) is 1. The molecule has 1 aliphatic heterocycles. The Balaban J connectivity index is 1.81. The molecule has 0 bridgehead atoms. The summed E-state index contributed by atoms with van der Waals surface area (Å²) in [7, 11) is 0. The first-order chi connectivity index (χ1) is 7.43. The van der Waals surface area contributed by atoms with Crippen molar-refractivity contribution in [2.45, 2.75) is 37.5 Å². The van der Waals surface area contributed by atoms with Crippen molar-refractivity contribution in [3.05, 3.63) is 35.4 Å². The molecule has 0 amide bonds. The highest BCUT2D eigenvalue weighted by atomic mass is 14.9. The monoisotopic (exact) mass is 201 g/mol. The van der Waals surface area contributed by atoms with Crippen molar-refractivity contribution < 1.29 is 0 Å². The molecule has 1 heteroatoms. The van der Waals surface area contributed by atoms with Crippen molar-refractivity contribution in [3.8, 4) is 0 Å². The zero-order chi connectivity index (χ0) is 10.1. The van der Waals surface area contributed by atoms with E-state index in [1.165, 1.54) is 38.8 Å². The van der Waals surface area contributed by atoms with E-state index in [0.717, 1.165) is 11.8 Å². The van der Waals surface area contributed by atoms with Crippen LogP contribution in [0.15, 0.2) is 24.3 Å². The van der Waals surface area contributed by atoms with E-state index in [1.54, 1.807) is 11.1 Å². The largest absolute Gasteiger partial charge is 0.316 e. The van der Waals surface area contributed by atoms with Crippen molar-refractivity contribution in [1.82, 2.24) is 5.32 Å². The van der Waals surface area contributed by atoms with E-state index in [9.17, 15) is 0 Å². The summed E-state index contributed by atoms with van der Waals surface area (Å²) in [4.78, 5) is 0. The molecule has 1 nitrogen and oxygen atoms in total. The summed E-state index contributed by atoms with van der Waals surface area (Å²) >= 11 is 0. The molecule has 80 valence electrons. The topological polar surface area (TPSA) is 12.0 Å². The highest BCUT2D eigenvalue weighted by Crippen LogP contribution is 2.37. The van der Waals surface area contributed by atoms with Gasteiger partial charge in [-0.05, 0) is 48.8 Å². The lowest BCUT2D eigenvalue weighted by molar-refractivity contribution is 0.419. The van der Waals surface area contributed by atoms with Crippen LogP contribution in [0.25, 0.3) is 0 Å². The summed E-state index contributed by atoms with van der Waals surface area (Å²) in [6.45, 7) is 2.37. The van der Waals surface area contributed by atoms with Crippen LogP contribution in [-0.4, -0.2) is 13.1 Å². The smallest absolute Gasteiger partial charge is 0.00206 e. The van der Waals surface area contributed by atoms with Crippen LogP contribution in [0, 0.1) is 0 Å². The van der Waals surface area contributed by atoms with Gasteiger partial charge in [0.2, 0.25) is 0 Å². The van der Waals surface area contributed by atoms with Crippen molar-refractivity contribution in [2.75, 3.05) is 13.1 Å². The first kappa shape index (κ1) is 9.41. The summed E-state index contributed by atoms with van der Waals surface area (Å²) < 4.78 is 0. The predicted molar refractivity (Wildman–Crippen MR) is 63.3 cm³/mol. The van der Waals surface area contributed by atoms with Crippen molar-refractivity contribution in [2.24, 2.45) is 0 Å². The highest BCUT2D eigenvalue weighted by molar-refractivity contribution is 5.30. The van der Waals surface area contributed by atoms with Gasteiger partial charge >= 0.3 is 0 Å². The standard InChI is InChI=1S/C14H19N/c1-3-11(4-1)12-5-2-6-13(9-12)14-7-8-15-10-14/h2,5-6,9,11,14-15H,1,3-4,7-8,10H2. The van der Waals surface area contributed by atoms with Gasteiger partial charge in [-0.3, -0.25) is 0 Å². The van der Waals surface area contributed by atoms with Crippen molar-refractivity contribution >= 4 is 0 Å². The Kier molecular flexibility index (Phi) is 2.49. The molecule has 0 radical (unpaired) electrons. The Morgan fingerprint density at radius 3 is 2.40 bits per heavy atom. The van der Waals surface area contributed by atoms with Gasteiger partial charge < -0.3 is 5.32 Å². The van der Waals surface area contributed by atoms with Crippen LogP contribution in [0.4, 0.5) is 0 Å². The maximum absolute atomic E-state index is 3.45. The minimum absolute atomic E-state index is 0.769. The Morgan fingerprint density at radius 1 is 1.00 bits per heavy atom. The molecule has 1 aromatic carbocycles. The van der Waals surface area contributed by atoms with Gasteiger partial charge in [0.1, 0.15) is 0 Å². The van der Waals surface area contributed by atoms with E-state index in [2.05, 4.69) is 29.6 Å². The molecular weight excluding hydrogens is 182 g/mol. The van der Waals surface area contributed by atoms with Gasteiger partial charge in [0, 0.05) is 6.54 Å². The molecule has 1 aliphatic carbocycles. The first-order valence-corrected chi connectivity index (χ1v) is 6.24. The van der Waals surface area contributed by atoms with Gasteiger partial charge in [0.25, 0.3) is 0 Å². The molecule has 1 unspecified atom stereocenters. The maximum Gasteiger partial charge on any atom is 0.00206 e. The van der Waals surface area contributed by atoms with Gasteiger partial charge in [-0.25, -0.2) is 0 Å². The van der Waals surface area contributed by atoms with E-state index >= 15 is 0 Å². The van der Waals surface area contributed by atoms with Crippen LogP contribution in [0.2, 0.25) is 0 Å². The molecule has 1 aromatic rings. The zero-order valence-electron chi connectivity index (χ0n) is 9.21. The Morgan fingerprint density at radius 2 is 1.80 bits per heavy atom. The van der Waals surface area contributed by atoms with Crippen LogP contribution in [0.3, 0.4) is 0 Å². The van der Waals surface area contributed by atoms with Gasteiger partial charge in [0.05, 0.1) is 0 Å². The van der Waals surface area contributed by atoms with Gasteiger partial charge in [-0.15, -0.1) is 0 Å². The fraction of sp³-hybridized carbons (Fsp3) is 0.571. The van der Waals surface area contributed by atoms with Gasteiger partial charge in [0.15, 0.2) is 0 Å². The third-order valence-corrected chi connectivity index (χ3v) is 4.02. The van der Waals surface area contributed by atoms with Gasteiger partial charge in [-0.1, -0.05) is 30.7 Å². The molecule has 1 atom stereocenters. The highest BCUT2D eigenvalue weighted by Gasteiger charge is 2.21. The van der Waals surface area contributed by atoms with Crippen molar-refractivity contribution in [3.63, 3.8) is 0 Å². The van der Waals surface area contributed by atoms with E-state index < -0.39 is 0 Å². The normalized spacial score (nSPS) is 26.5. The summed E-state index contributed by atoms with van der Waals surface area (Å²) in [6, 6.07) is 9.33. The molecule has 2 aliphatic rings.